The van der Waals surface area contributed by atoms with Crippen molar-refractivity contribution in [3.8, 4) is 18.2 Å². The number of benzene rings is 1. The van der Waals surface area contributed by atoms with Crippen molar-refractivity contribution in [2.45, 2.75) is 71.0 Å². The lowest BCUT2D eigenvalue weighted by molar-refractivity contribution is -0.274. The van der Waals surface area contributed by atoms with Gasteiger partial charge in [-0.25, -0.2) is 9.78 Å². The summed E-state index contributed by atoms with van der Waals surface area (Å²) >= 11 is 0. The third-order valence-corrected chi connectivity index (χ3v) is 5.72. The number of rotatable bonds is 8. The number of hydrogen-bond donors (Lipinski definition) is 2. The van der Waals surface area contributed by atoms with Gasteiger partial charge in [-0.2, -0.15) is 4.98 Å². The number of ether oxygens (including phenoxy) is 2. The second-order valence-electron chi connectivity index (χ2n) is 9.85. The Bertz CT molecular complexity index is 1090. The van der Waals surface area contributed by atoms with E-state index in [4.69, 9.17) is 11.2 Å². The van der Waals surface area contributed by atoms with Gasteiger partial charge in [-0.05, 0) is 58.4 Å². The first-order valence-corrected chi connectivity index (χ1v) is 12.1. The molecule has 8 nitrogen and oxygen atoms in total. The third-order valence-electron chi connectivity index (χ3n) is 5.72. The number of alkyl halides is 3. The topological polar surface area (TPSA) is 88.6 Å². The highest BCUT2D eigenvalue weighted by Gasteiger charge is 2.32. The van der Waals surface area contributed by atoms with Crippen molar-refractivity contribution in [1.29, 1.82) is 0 Å². The molecular weight excluding hydrogens is 487 g/mol. The van der Waals surface area contributed by atoms with Gasteiger partial charge in [0.25, 0.3) is 0 Å². The van der Waals surface area contributed by atoms with Crippen LogP contribution in [0.1, 0.15) is 52.0 Å². The largest absolute Gasteiger partial charge is 0.573 e. The van der Waals surface area contributed by atoms with Gasteiger partial charge in [0.05, 0.1) is 0 Å². The van der Waals surface area contributed by atoms with Crippen LogP contribution in [0, 0.1) is 18.4 Å². The zero-order valence-corrected chi connectivity index (χ0v) is 21.1. The maximum atomic E-state index is 12.7. The molecule has 2 N–H and O–H groups in total. The van der Waals surface area contributed by atoms with Crippen molar-refractivity contribution < 1.29 is 27.4 Å². The van der Waals surface area contributed by atoms with Crippen LogP contribution in [0.25, 0.3) is 0 Å². The summed E-state index contributed by atoms with van der Waals surface area (Å²) in [5.41, 5.74) is -0.237. The normalized spacial score (nSPS) is 17.9. The van der Waals surface area contributed by atoms with Gasteiger partial charge in [0.15, 0.2) is 0 Å². The van der Waals surface area contributed by atoms with Crippen LogP contribution in [0.3, 0.4) is 0 Å². The van der Waals surface area contributed by atoms with Crippen molar-refractivity contribution in [3.63, 3.8) is 0 Å². The molecule has 0 spiro atoms. The Balaban J connectivity index is 1.54. The molecule has 1 aromatic carbocycles. The standard InChI is InChI=1S/C26H32F3N5O3/c1-5-34(17-18-10-12-20(13-11-18)32-24(35)37-25(2,3)4)22-14-15-30-23(33-22)31-16-19-8-6-7-9-21(19)36-26(27,28)29/h1,6-9,14-15,18,20H,10-13,16-17H2,2-4H3,(H,32,35)(H,30,31,33). The summed E-state index contributed by atoms with van der Waals surface area (Å²) in [5.74, 6) is 0.754. The highest BCUT2D eigenvalue weighted by molar-refractivity contribution is 5.68. The SMILES string of the molecule is C#CN(CC1CCC(NC(=O)OC(C)(C)C)CC1)c1ccnc(NCc2ccccc2OC(F)(F)F)n1. The first kappa shape index (κ1) is 27.9. The molecule has 0 aliphatic heterocycles. The number of terminal acetylenes is 1. The van der Waals surface area contributed by atoms with E-state index in [9.17, 15) is 18.0 Å². The Morgan fingerprint density at radius 3 is 2.51 bits per heavy atom. The minimum absolute atomic E-state index is 0.0282. The summed E-state index contributed by atoms with van der Waals surface area (Å²) < 4.78 is 47.5. The smallest absolute Gasteiger partial charge is 0.444 e. The van der Waals surface area contributed by atoms with Gasteiger partial charge < -0.3 is 20.1 Å². The third kappa shape index (κ3) is 9.37. The fraction of sp³-hybridized carbons (Fsp3) is 0.500. The first-order chi connectivity index (χ1) is 17.4. The molecule has 0 saturated heterocycles. The maximum Gasteiger partial charge on any atom is 0.573 e. The van der Waals surface area contributed by atoms with Crippen molar-refractivity contribution in [3.05, 3.63) is 42.1 Å². The average Bonchev–Trinajstić information content (AvgIpc) is 2.81. The summed E-state index contributed by atoms with van der Waals surface area (Å²) in [5, 5.41) is 5.86. The van der Waals surface area contributed by atoms with Crippen molar-refractivity contribution in [2.75, 3.05) is 16.8 Å². The zero-order chi connectivity index (χ0) is 27.1. The predicted molar refractivity (Wildman–Crippen MR) is 134 cm³/mol. The second kappa shape index (κ2) is 12.0. The molecule has 1 fully saturated rings. The van der Waals surface area contributed by atoms with Crippen LogP contribution in [-0.2, 0) is 11.3 Å². The number of nitrogens with one attached hydrogen (secondary N) is 2. The Kier molecular flexibility index (Phi) is 9.08. The monoisotopic (exact) mass is 519 g/mol. The molecule has 11 heteroatoms. The summed E-state index contributed by atoms with van der Waals surface area (Å²) in [4.78, 5) is 22.3. The number of alkyl carbamates (subject to hydrolysis) is 1. The van der Waals surface area contributed by atoms with E-state index in [-0.39, 0.29) is 24.3 Å². The van der Waals surface area contributed by atoms with Crippen molar-refractivity contribution in [2.24, 2.45) is 5.92 Å². The molecule has 37 heavy (non-hydrogen) atoms. The van der Waals surface area contributed by atoms with Gasteiger partial charge in [0.1, 0.15) is 17.2 Å². The molecule has 1 amide bonds. The Morgan fingerprint density at radius 1 is 1.16 bits per heavy atom. The van der Waals surface area contributed by atoms with E-state index in [1.807, 2.05) is 20.8 Å². The molecule has 1 aliphatic carbocycles. The molecule has 200 valence electrons. The number of amides is 1. The minimum atomic E-state index is -4.79. The van der Waals surface area contributed by atoms with E-state index in [1.165, 1.54) is 24.4 Å². The predicted octanol–water partition coefficient (Wildman–Crippen LogP) is 5.47. The van der Waals surface area contributed by atoms with E-state index in [2.05, 4.69) is 31.4 Å². The number of carbonyl (C=O) groups is 1. The lowest BCUT2D eigenvalue weighted by Crippen LogP contribution is -2.41. The van der Waals surface area contributed by atoms with E-state index in [0.29, 0.717) is 23.8 Å². The van der Waals surface area contributed by atoms with Crippen molar-refractivity contribution in [1.82, 2.24) is 15.3 Å². The molecule has 2 aromatic rings. The maximum absolute atomic E-state index is 12.7. The highest BCUT2D eigenvalue weighted by Crippen LogP contribution is 2.28. The quantitative estimate of drug-likeness (QED) is 0.353. The van der Waals surface area contributed by atoms with Gasteiger partial charge in [-0.1, -0.05) is 24.6 Å². The van der Waals surface area contributed by atoms with Gasteiger partial charge >= 0.3 is 12.5 Å². The molecule has 0 radical (unpaired) electrons. The number of aromatic nitrogens is 2. The van der Waals surface area contributed by atoms with E-state index in [0.717, 1.165) is 25.7 Å². The van der Waals surface area contributed by atoms with E-state index in [1.54, 1.807) is 17.0 Å². The molecule has 0 unspecified atom stereocenters. The Labute approximate surface area is 215 Å². The fourth-order valence-corrected chi connectivity index (χ4v) is 4.07. The first-order valence-electron chi connectivity index (χ1n) is 12.1. The lowest BCUT2D eigenvalue weighted by Gasteiger charge is -2.32. The molecule has 1 aliphatic rings. The Morgan fingerprint density at radius 2 is 1.86 bits per heavy atom. The molecule has 1 saturated carbocycles. The molecule has 3 rings (SSSR count). The van der Waals surface area contributed by atoms with Crippen LogP contribution in [0.15, 0.2) is 36.5 Å². The fourth-order valence-electron chi connectivity index (χ4n) is 4.07. The number of para-hydroxylation sites is 1. The number of hydrogen-bond acceptors (Lipinski definition) is 7. The minimum Gasteiger partial charge on any atom is -0.444 e. The van der Waals surface area contributed by atoms with E-state index >= 15 is 0 Å². The van der Waals surface area contributed by atoms with E-state index < -0.39 is 18.1 Å². The van der Waals surface area contributed by atoms with Gasteiger partial charge in [-0.15, -0.1) is 13.2 Å². The van der Waals surface area contributed by atoms with Crippen LogP contribution < -0.4 is 20.3 Å². The van der Waals surface area contributed by atoms with Crippen LogP contribution in [0.2, 0.25) is 0 Å². The lowest BCUT2D eigenvalue weighted by atomic mass is 9.86. The van der Waals surface area contributed by atoms with Crippen LogP contribution in [0.4, 0.5) is 29.7 Å². The van der Waals surface area contributed by atoms with Gasteiger partial charge in [-0.3, -0.25) is 4.90 Å². The van der Waals surface area contributed by atoms with Crippen LogP contribution in [-0.4, -0.2) is 40.6 Å². The van der Waals surface area contributed by atoms with Crippen LogP contribution in [0.5, 0.6) is 5.75 Å². The number of anilines is 2. The molecule has 1 aromatic heterocycles. The van der Waals surface area contributed by atoms with Gasteiger partial charge in [0, 0.05) is 43.0 Å². The summed E-state index contributed by atoms with van der Waals surface area (Å²) in [6.07, 6.45) is 5.50. The molecule has 0 bridgehead atoms. The average molecular weight is 520 g/mol. The number of carbonyl (C=O) groups excluding carboxylic acids is 1. The second-order valence-corrected chi connectivity index (χ2v) is 9.85. The zero-order valence-electron chi connectivity index (χ0n) is 21.1. The van der Waals surface area contributed by atoms with Gasteiger partial charge in [0.2, 0.25) is 5.95 Å². The highest BCUT2D eigenvalue weighted by atomic mass is 19.4. The van der Waals surface area contributed by atoms with Crippen LogP contribution >= 0.6 is 0 Å². The Hall–Kier alpha value is -3.68. The number of halogens is 3. The molecular formula is C26H32F3N5O3. The summed E-state index contributed by atoms with van der Waals surface area (Å²) in [6.45, 7) is 6.09. The summed E-state index contributed by atoms with van der Waals surface area (Å²) in [7, 11) is 0. The summed E-state index contributed by atoms with van der Waals surface area (Å²) in [6, 6.07) is 10.3. The molecule has 0 atom stereocenters. The molecule has 1 heterocycles. The van der Waals surface area contributed by atoms with Crippen molar-refractivity contribution >= 4 is 17.9 Å². The number of nitrogens with zero attached hydrogens (tertiary/aromatic N) is 3.